The van der Waals surface area contributed by atoms with Crippen LogP contribution in [0, 0.1) is 0 Å². The third-order valence-corrected chi connectivity index (χ3v) is 4.02. The lowest BCUT2D eigenvalue weighted by atomic mass is 10.1. The van der Waals surface area contributed by atoms with Crippen LogP contribution in [0.2, 0.25) is 0 Å². The summed E-state index contributed by atoms with van der Waals surface area (Å²) in [6.07, 6.45) is 0. The normalized spacial score (nSPS) is 10.4. The Morgan fingerprint density at radius 3 is 2.42 bits per heavy atom. The fourth-order valence-electron chi connectivity index (χ4n) is 2.67. The third kappa shape index (κ3) is 4.06. The van der Waals surface area contributed by atoms with Gasteiger partial charge >= 0.3 is 0 Å². The molecule has 0 saturated heterocycles. The van der Waals surface area contributed by atoms with Crippen LogP contribution in [-0.2, 0) is 0 Å². The van der Waals surface area contributed by atoms with E-state index in [1.807, 2.05) is 36.4 Å². The molecule has 0 spiro atoms. The van der Waals surface area contributed by atoms with Crippen LogP contribution in [0.5, 0.6) is 17.2 Å². The van der Waals surface area contributed by atoms with E-state index >= 15 is 0 Å². The second kappa shape index (κ2) is 8.25. The number of carbonyl (C=O) groups is 1. The van der Waals surface area contributed by atoms with Crippen molar-refractivity contribution < 1.29 is 19.0 Å². The van der Waals surface area contributed by atoms with Gasteiger partial charge in [-0.15, -0.1) is 0 Å². The van der Waals surface area contributed by atoms with E-state index in [2.05, 4.69) is 11.4 Å². The van der Waals surface area contributed by atoms with Gasteiger partial charge in [0, 0.05) is 5.56 Å². The highest BCUT2D eigenvalue weighted by atomic mass is 16.5. The monoisotopic (exact) mass is 351 g/mol. The molecule has 0 unspecified atom stereocenters. The molecule has 0 heterocycles. The second-order valence-electron chi connectivity index (χ2n) is 5.68. The summed E-state index contributed by atoms with van der Waals surface area (Å²) < 4.78 is 16.1. The molecule has 0 atom stereocenters. The van der Waals surface area contributed by atoms with Gasteiger partial charge in [-0.2, -0.15) is 0 Å². The van der Waals surface area contributed by atoms with Gasteiger partial charge in [0.25, 0.3) is 5.91 Å². The summed E-state index contributed by atoms with van der Waals surface area (Å²) in [7, 11) is 3.10. The first-order valence-corrected chi connectivity index (χ1v) is 8.33. The number of benzene rings is 3. The Labute approximate surface area is 152 Å². The molecule has 0 aliphatic carbocycles. The minimum Gasteiger partial charge on any atom is -0.493 e. The molecule has 3 rings (SSSR count). The van der Waals surface area contributed by atoms with Gasteiger partial charge in [-0.05, 0) is 41.1 Å². The number of ether oxygens (including phenoxy) is 3. The van der Waals surface area contributed by atoms with Gasteiger partial charge in [-0.1, -0.05) is 30.3 Å². The summed E-state index contributed by atoms with van der Waals surface area (Å²) in [6, 6.07) is 19.1. The van der Waals surface area contributed by atoms with E-state index in [1.54, 1.807) is 25.3 Å². The smallest absolute Gasteiger partial charge is 0.251 e. The minimum atomic E-state index is -0.187. The van der Waals surface area contributed by atoms with Crippen molar-refractivity contribution in [1.82, 2.24) is 5.32 Å². The van der Waals surface area contributed by atoms with Gasteiger partial charge in [0.1, 0.15) is 12.4 Å². The lowest BCUT2D eigenvalue weighted by Gasteiger charge is -2.11. The topological polar surface area (TPSA) is 56.8 Å². The molecule has 26 heavy (non-hydrogen) atoms. The van der Waals surface area contributed by atoms with Gasteiger partial charge in [-0.25, -0.2) is 0 Å². The Hall–Kier alpha value is -3.21. The van der Waals surface area contributed by atoms with E-state index in [-0.39, 0.29) is 5.91 Å². The number of fused-ring (bicyclic) bond motifs is 1. The van der Waals surface area contributed by atoms with Crippen LogP contribution in [0.3, 0.4) is 0 Å². The molecule has 5 heteroatoms. The van der Waals surface area contributed by atoms with Crippen LogP contribution < -0.4 is 19.5 Å². The molecule has 0 aliphatic rings. The van der Waals surface area contributed by atoms with Gasteiger partial charge < -0.3 is 19.5 Å². The van der Waals surface area contributed by atoms with Gasteiger partial charge in [0.15, 0.2) is 11.5 Å². The Balaban J connectivity index is 1.53. The predicted molar refractivity (Wildman–Crippen MR) is 101 cm³/mol. The number of amides is 1. The van der Waals surface area contributed by atoms with E-state index in [0.717, 1.165) is 11.1 Å². The van der Waals surface area contributed by atoms with Crippen molar-refractivity contribution in [3.8, 4) is 17.2 Å². The summed E-state index contributed by atoms with van der Waals surface area (Å²) in [5, 5.41) is 5.13. The molecular weight excluding hydrogens is 330 g/mol. The fraction of sp³-hybridized carbons (Fsp3) is 0.190. The molecule has 0 fully saturated rings. The maximum Gasteiger partial charge on any atom is 0.251 e. The zero-order valence-corrected chi connectivity index (χ0v) is 14.8. The maximum atomic E-state index is 12.2. The molecule has 0 saturated carbocycles. The lowest BCUT2D eigenvalue weighted by Crippen LogP contribution is -2.28. The van der Waals surface area contributed by atoms with Gasteiger partial charge in [0.2, 0.25) is 0 Å². The first-order chi connectivity index (χ1) is 12.7. The highest BCUT2D eigenvalue weighted by molar-refractivity contribution is 5.94. The Kier molecular flexibility index (Phi) is 5.59. The molecule has 134 valence electrons. The van der Waals surface area contributed by atoms with Crippen molar-refractivity contribution in [2.24, 2.45) is 0 Å². The summed E-state index contributed by atoms with van der Waals surface area (Å²) in [5.41, 5.74) is 0.508. The second-order valence-corrected chi connectivity index (χ2v) is 5.68. The quantitative estimate of drug-likeness (QED) is 0.660. The summed E-state index contributed by atoms with van der Waals surface area (Å²) in [4.78, 5) is 12.2. The average molecular weight is 351 g/mol. The van der Waals surface area contributed by atoms with E-state index < -0.39 is 0 Å². The largest absolute Gasteiger partial charge is 0.493 e. The number of nitrogens with one attached hydrogen (secondary N) is 1. The number of hydrogen-bond acceptors (Lipinski definition) is 4. The van der Waals surface area contributed by atoms with E-state index in [9.17, 15) is 4.79 Å². The van der Waals surface area contributed by atoms with Crippen molar-refractivity contribution in [3.63, 3.8) is 0 Å². The highest BCUT2D eigenvalue weighted by Crippen LogP contribution is 2.27. The van der Waals surface area contributed by atoms with Gasteiger partial charge in [-0.3, -0.25) is 4.79 Å². The Morgan fingerprint density at radius 2 is 1.65 bits per heavy atom. The molecular formula is C21H21NO4. The molecule has 3 aromatic carbocycles. The number of methoxy groups -OCH3 is 2. The number of hydrogen-bond donors (Lipinski definition) is 1. The van der Waals surface area contributed by atoms with Crippen LogP contribution in [0.1, 0.15) is 10.4 Å². The fourth-order valence-corrected chi connectivity index (χ4v) is 2.67. The Morgan fingerprint density at radius 1 is 0.885 bits per heavy atom. The zero-order valence-electron chi connectivity index (χ0n) is 14.8. The Bertz CT molecular complexity index is 907. The molecule has 0 aliphatic heterocycles. The van der Waals surface area contributed by atoms with Crippen molar-refractivity contribution in [2.75, 3.05) is 27.4 Å². The van der Waals surface area contributed by atoms with Crippen LogP contribution in [0.4, 0.5) is 0 Å². The first-order valence-electron chi connectivity index (χ1n) is 8.33. The van der Waals surface area contributed by atoms with Gasteiger partial charge in [0.05, 0.1) is 20.8 Å². The molecule has 5 nitrogen and oxygen atoms in total. The minimum absolute atomic E-state index is 0.187. The molecule has 1 amide bonds. The van der Waals surface area contributed by atoms with Crippen molar-refractivity contribution in [3.05, 3.63) is 66.2 Å². The van der Waals surface area contributed by atoms with Crippen molar-refractivity contribution >= 4 is 16.7 Å². The molecule has 0 radical (unpaired) electrons. The van der Waals surface area contributed by atoms with Crippen LogP contribution in [-0.4, -0.2) is 33.3 Å². The lowest BCUT2D eigenvalue weighted by molar-refractivity contribution is 0.0946. The number of carbonyl (C=O) groups excluding carboxylic acids is 1. The molecule has 0 aromatic heterocycles. The zero-order chi connectivity index (χ0) is 18.4. The summed E-state index contributed by atoms with van der Waals surface area (Å²) in [6.45, 7) is 0.789. The standard InChI is InChI=1S/C21H21NO4/c1-24-19-10-8-17(14-20(19)25-2)21(23)22-11-12-26-18-9-7-15-5-3-4-6-16(15)13-18/h3-10,13-14H,11-12H2,1-2H3,(H,22,23). The van der Waals surface area contributed by atoms with E-state index in [4.69, 9.17) is 14.2 Å². The third-order valence-electron chi connectivity index (χ3n) is 4.02. The van der Waals surface area contributed by atoms with E-state index in [1.165, 1.54) is 12.5 Å². The molecule has 0 bridgehead atoms. The predicted octanol–water partition coefficient (Wildman–Crippen LogP) is 3.67. The SMILES string of the molecule is COc1ccc(C(=O)NCCOc2ccc3ccccc3c2)cc1OC. The maximum absolute atomic E-state index is 12.2. The number of rotatable bonds is 7. The van der Waals surface area contributed by atoms with Crippen LogP contribution in [0.25, 0.3) is 10.8 Å². The van der Waals surface area contributed by atoms with Crippen molar-refractivity contribution in [1.29, 1.82) is 0 Å². The van der Waals surface area contributed by atoms with E-state index in [0.29, 0.717) is 30.2 Å². The molecule has 3 aromatic rings. The molecule has 1 N–H and O–H groups in total. The van der Waals surface area contributed by atoms with Crippen LogP contribution >= 0.6 is 0 Å². The highest BCUT2D eigenvalue weighted by Gasteiger charge is 2.10. The average Bonchev–Trinajstić information content (AvgIpc) is 2.70. The summed E-state index contributed by atoms with van der Waals surface area (Å²) in [5.74, 6) is 1.70. The first kappa shape index (κ1) is 17.6. The summed E-state index contributed by atoms with van der Waals surface area (Å²) >= 11 is 0. The van der Waals surface area contributed by atoms with Crippen molar-refractivity contribution in [2.45, 2.75) is 0 Å². The van der Waals surface area contributed by atoms with Crippen LogP contribution in [0.15, 0.2) is 60.7 Å².